The predicted molar refractivity (Wildman–Crippen MR) is 157 cm³/mol. The topological polar surface area (TPSA) is 104 Å². The lowest BCUT2D eigenvalue weighted by molar-refractivity contribution is -0.141. The van der Waals surface area contributed by atoms with Gasteiger partial charge in [-0.1, -0.05) is 24.6 Å². The Balaban J connectivity index is 1.50. The van der Waals surface area contributed by atoms with Crippen LogP contribution in [0.2, 0.25) is 0 Å². The molecule has 2 aromatic rings. The van der Waals surface area contributed by atoms with E-state index >= 15 is 0 Å². The molecule has 0 saturated heterocycles. The molecule has 0 unspecified atom stereocenters. The first-order chi connectivity index (χ1) is 20.2. The third-order valence-electron chi connectivity index (χ3n) is 8.37. The maximum atomic E-state index is 13.3. The fraction of sp³-hybridized carbons (Fsp3) is 0.441. The molecule has 0 amide bonds. The lowest BCUT2D eigenvalue weighted by Gasteiger charge is -2.29. The van der Waals surface area contributed by atoms with Crippen molar-refractivity contribution < 1.29 is 33.6 Å². The number of carbonyl (C=O) groups excluding carboxylic acids is 2. The highest BCUT2D eigenvalue weighted by Crippen LogP contribution is 2.52. The largest absolute Gasteiger partial charge is 0.492 e. The lowest BCUT2D eigenvalue weighted by atomic mass is 9.77. The van der Waals surface area contributed by atoms with Crippen molar-refractivity contribution in [3.63, 3.8) is 0 Å². The van der Waals surface area contributed by atoms with Crippen molar-refractivity contribution >= 4 is 23.4 Å². The summed E-state index contributed by atoms with van der Waals surface area (Å²) in [6.45, 7) is 8.59. The molecule has 1 fully saturated rings. The van der Waals surface area contributed by atoms with Gasteiger partial charge in [0.15, 0.2) is 0 Å². The van der Waals surface area contributed by atoms with Crippen molar-refractivity contribution in [2.24, 2.45) is 4.99 Å². The van der Waals surface area contributed by atoms with Crippen LogP contribution in [0.1, 0.15) is 76.0 Å². The SMILES string of the molecule is CCCOc1c2c(cc3c1/C(=C1\CCC(=O)[C@H](c4ccc5c(c4)=CCN=5)C1)C=C(C(=O)OCC)O3)O[C@H](C(C)(C)O)C2. The minimum absolute atomic E-state index is 0.0764. The van der Waals surface area contributed by atoms with Crippen LogP contribution in [0.15, 0.2) is 46.7 Å². The van der Waals surface area contributed by atoms with E-state index in [1.807, 2.05) is 19.1 Å². The Morgan fingerprint density at radius 1 is 1.14 bits per heavy atom. The number of Topliss-reactive ketones (excluding diaryl/α,β-unsaturated/α-hetero) is 1. The molecule has 8 heteroatoms. The van der Waals surface area contributed by atoms with Crippen molar-refractivity contribution in [2.75, 3.05) is 19.8 Å². The average molecular weight is 572 g/mol. The summed E-state index contributed by atoms with van der Waals surface area (Å²) in [5.41, 5.74) is 3.39. The van der Waals surface area contributed by atoms with Gasteiger partial charge in [-0.25, -0.2) is 4.79 Å². The van der Waals surface area contributed by atoms with Crippen LogP contribution in [0.25, 0.3) is 11.6 Å². The van der Waals surface area contributed by atoms with Crippen LogP contribution in [0.3, 0.4) is 0 Å². The molecule has 8 nitrogen and oxygen atoms in total. The second kappa shape index (κ2) is 11.1. The first-order valence-corrected chi connectivity index (χ1v) is 14.9. The number of fused-ring (bicyclic) bond motifs is 3. The van der Waals surface area contributed by atoms with E-state index in [-0.39, 0.29) is 24.1 Å². The van der Waals surface area contributed by atoms with Crippen molar-refractivity contribution in [1.82, 2.24) is 0 Å². The minimum atomic E-state index is -1.07. The van der Waals surface area contributed by atoms with Gasteiger partial charge in [-0.3, -0.25) is 9.79 Å². The molecule has 2 atom stereocenters. The number of allylic oxidation sites excluding steroid dienone is 3. The predicted octanol–water partition coefficient (Wildman–Crippen LogP) is 4.09. The van der Waals surface area contributed by atoms with Crippen molar-refractivity contribution in [2.45, 2.75) is 77.4 Å². The number of benzene rings is 2. The van der Waals surface area contributed by atoms with E-state index in [0.29, 0.717) is 56.1 Å². The summed E-state index contributed by atoms with van der Waals surface area (Å²) in [5, 5.41) is 12.8. The number of ketones is 1. The summed E-state index contributed by atoms with van der Waals surface area (Å²) in [4.78, 5) is 30.7. The molecule has 1 N–H and O–H groups in total. The second-order valence-corrected chi connectivity index (χ2v) is 11.8. The second-order valence-electron chi connectivity index (χ2n) is 11.8. The van der Waals surface area contributed by atoms with Gasteiger partial charge in [-0.05, 0) is 74.6 Å². The molecule has 1 saturated carbocycles. The number of aliphatic hydroxyl groups is 1. The van der Waals surface area contributed by atoms with Gasteiger partial charge in [-0.2, -0.15) is 0 Å². The van der Waals surface area contributed by atoms with Gasteiger partial charge in [-0.15, -0.1) is 0 Å². The van der Waals surface area contributed by atoms with E-state index in [1.165, 1.54) is 0 Å². The highest BCUT2D eigenvalue weighted by atomic mass is 16.6. The first-order valence-electron chi connectivity index (χ1n) is 14.9. The Bertz CT molecular complexity index is 1640. The Morgan fingerprint density at radius 2 is 1.98 bits per heavy atom. The summed E-state index contributed by atoms with van der Waals surface area (Å²) in [6, 6.07) is 7.86. The minimum Gasteiger partial charge on any atom is -0.492 e. The summed E-state index contributed by atoms with van der Waals surface area (Å²) in [5.74, 6) is 1.06. The molecule has 0 bridgehead atoms. The molecule has 42 heavy (non-hydrogen) atoms. The maximum Gasteiger partial charge on any atom is 0.374 e. The number of esters is 1. The quantitative estimate of drug-likeness (QED) is 0.500. The van der Waals surface area contributed by atoms with Crippen molar-refractivity contribution in [3.05, 3.63) is 68.9 Å². The van der Waals surface area contributed by atoms with Crippen LogP contribution in [-0.4, -0.2) is 48.3 Å². The number of rotatable bonds is 7. The summed E-state index contributed by atoms with van der Waals surface area (Å²) >= 11 is 0. The van der Waals surface area contributed by atoms with Gasteiger partial charge < -0.3 is 24.1 Å². The third-order valence-corrected chi connectivity index (χ3v) is 8.37. The van der Waals surface area contributed by atoms with Gasteiger partial charge >= 0.3 is 5.97 Å². The van der Waals surface area contributed by atoms with Crippen LogP contribution in [-0.2, 0) is 20.7 Å². The third kappa shape index (κ3) is 5.13. The summed E-state index contributed by atoms with van der Waals surface area (Å²) < 4.78 is 24.1. The van der Waals surface area contributed by atoms with Crippen LogP contribution >= 0.6 is 0 Å². The standard InChI is InChI=1S/C34H37NO7/c1-5-13-40-32-24-17-30(34(3,4)38)42-27(24)18-28-31(32)23(16-29(41-28)33(37)39-6-2)20-8-10-26(36)22(15-20)19-7-9-25-21(14-19)11-12-35-25/h7,9,11,14,16,18,22,30,38H,5-6,8,10,12-13,15,17H2,1-4H3/b23-20+/t22-,30-/m0/s1. The van der Waals surface area contributed by atoms with Crippen LogP contribution in [0.4, 0.5) is 0 Å². The molecule has 3 aliphatic heterocycles. The molecule has 0 spiro atoms. The Kier molecular flexibility index (Phi) is 7.43. The number of ether oxygens (including phenoxy) is 4. The maximum absolute atomic E-state index is 13.3. The van der Waals surface area contributed by atoms with E-state index in [2.05, 4.69) is 17.1 Å². The van der Waals surface area contributed by atoms with Crippen LogP contribution in [0, 0.1) is 0 Å². The van der Waals surface area contributed by atoms with E-state index < -0.39 is 17.7 Å². The Hall–Kier alpha value is -3.91. The van der Waals surface area contributed by atoms with Gasteiger partial charge in [0.1, 0.15) is 29.1 Å². The molecule has 1 aliphatic carbocycles. The molecule has 6 rings (SSSR count). The number of hydrogen-bond donors (Lipinski definition) is 1. The highest BCUT2D eigenvalue weighted by Gasteiger charge is 2.41. The normalized spacial score (nSPS) is 22.5. The number of nitrogens with zero attached hydrogens (tertiary/aromatic N) is 1. The highest BCUT2D eigenvalue weighted by molar-refractivity contribution is 5.98. The van der Waals surface area contributed by atoms with Crippen LogP contribution < -0.4 is 24.8 Å². The zero-order valence-electron chi connectivity index (χ0n) is 24.6. The van der Waals surface area contributed by atoms with Gasteiger partial charge in [0.25, 0.3) is 0 Å². The van der Waals surface area contributed by atoms with E-state index in [1.54, 1.807) is 32.9 Å². The van der Waals surface area contributed by atoms with E-state index in [4.69, 9.17) is 18.9 Å². The monoisotopic (exact) mass is 571 g/mol. The Morgan fingerprint density at radius 3 is 2.74 bits per heavy atom. The molecular formula is C34H37NO7. The summed E-state index contributed by atoms with van der Waals surface area (Å²) in [6.07, 6.45) is 6.10. The van der Waals surface area contributed by atoms with E-state index in [9.17, 15) is 14.7 Å². The molecule has 0 radical (unpaired) electrons. The zero-order chi connectivity index (χ0) is 29.6. The van der Waals surface area contributed by atoms with Crippen molar-refractivity contribution in [1.29, 1.82) is 0 Å². The number of carbonyl (C=O) groups is 2. The molecular weight excluding hydrogens is 534 g/mol. The van der Waals surface area contributed by atoms with Gasteiger partial charge in [0.2, 0.25) is 5.76 Å². The Labute approximate surface area is 245 Å². The van der Waals surface area contributed by atoms with Crippen molar-refractivity contribution in [3.8, 4) is 17.2 Å². The zero-order valence-corrected chi connectivity index (χ0v) is 24.6. The average Bonchev–Trinajstić information content (AvgIpc) is 3.62. The molecule has 4 aliphatic rings. The number of hydrogen-bond acceptors (Lipinski definition) is 8. The smallest absolute Gasteiger partial charge is 0.374 e. The fourth-order valence-electron chi connectivity index (χ4n) is 6.16. The fourth-order valence-corrected chi connectivity index (χ4v) is 6.16. The lowest BCUT2D eigenvalue weighted by Crippen LogP contribution is -2.39. The molecule has 220 valence electrons. The van der Waals surface area contributed by atoms with E-state index in [0.717, 1.165) is 44.8 Å². The van der Waals surface area contributed by atoms with Crippen LogP contribution in [0.5, 0.6) is 17.2 Å². The van der Waals surface area contributed by atoms with Gasteiger partial charge in [0, 0.05) is 30.4 Å². The molecule has 0 aromatic heterocycles. The summed E-state index contributed by atoms with van der Waals surface area (Å²) in [7, 11) is 0. The molecule has 2 aromatic carbocycles. The molecule has 3 heterocycles. The van der Waals surface area contributed by atoms with Gasteiger partial charge in [0.05, 0.1) is 36.3 Å². The first kappa shape index (κ1) is 28.2.